The fourth-order valence-electron chi connectivity index (χ4n) is 3.03. The molecular formula is C16H19BrF3NO3S. The van der Waals surface area contributed by atoms with Crippen LogP contribution in [-0.2, 0) is 14.6 Å². The molecule has 1 saturated heterocycles. The average molecular weight is 442 g/mol. The van der Waals surface area contributed by atoms with E-state index in [1.807, 2.05) is 0 Å². The van der Waals surface area contributed by atoms with E-state index >= 15 is 0 Å². The highest BCUT2D eigenvalue weighted by Gasteiger charge is 2.47. The van der Waals surface area contributed by atoms with Gasteiger partial charge in [-0.15, -0.1) is 0 Å². The largest absolute Gasteiger partial charge is 0.413 e. The number of sulfone groups is 1. The van der Waals surface area contributed by atoms with Crippen molar-refractivity contribution in [1.82, 2.24) is 4.90 Å². The molecule has 1 aliphatic rings. The Morgan fingerprint density at radius 2 is 1.76 bits per heavy atom. The van der Waals surface area contributed by atoms with E-state index in [0.29, 0.717) is 4.47 Å². The van der Waals surface area contributed by atoms with Crippen molar-refractivity contribution in [1.29, 1.82) is 0 Å². The van der Waals surface area contributed by atoms with E-state index in [0.717, 1.165) is 4.90 Å². The zero-order chi connectivity index (χ0) is 18.8. The number of rotatable bonds is 4. The van der Waals surface area contributed by atoms with Gasteiger partial charge in [0.25, 0.3) is 0 Å². The van der Waals surface area contributed by atoms with Crippen molar-refractivity contribution in [3.63, 3.8) is 0 Å². The van der Waals surface area contributed by atoms with Crippen LogP contribution in [0.5, 0.6) is 0 Å². The van der Waals surface area contributed by atoms with Crippen LogP contribution in [0.3, 0.4) is 0 Å². The van der Waals surface area contributed by atoms with E-state index in [-0.39, 0.29) is 36.5 Å². The van der Waals surface area contributed by atoms with E-state index in [9.17, 15) is 26.4 Å². The van der Waals surface area contributed by atoms with Gasteiger partial charge in [0.15, 0.2) is 6.04 Å². The molecule has 0 radical (unpaired) electrons. The molecule has 1 heterocycles. The van der Waals surface area contributed by atoms with Crippen LogP contribution in [0.1, 0.15) is 31.4 Å². The number of benzene rings is 1. The first-order valence-electron chi connectivity index (χ1n) is 7.88. The number of carbonyl (C=O) groups excluding carboxylic acids is 1. The van der Waals surface area contributed by atoms with E-state index in [2.05, 4.69) is 15.9 Å². The molecule has 1 aliphatic heterocycles. The summed E-state index contributed by atoms with van der Waals surface area (Å²) in [6.07, 6.45) is -4.48. The van der Waals surface area contributed by atoms with Crippen molar-refractivity contribution >= 4 is 31.7 Å². The molecule has 0 aliphatic carbocycles. The molecule has 0 spiro atoms. The number of hydrogen-bond donors (Lipinski definition) is 0. The molecule has 4 nitrogen and oxygen atoms in total. The van der Waals surface area contributed by atoms with Crippen LogP contribution in [0.25, 0.3) is 0 Å². The molecule has 25 heavy (non-hydrogen) atoms. The number of alkyl halides is 3. The van der Waals surface area contributed by atoms with Crippen molar-refractivity contribution < 1.29 is 26.4 Å². The van der Waals surface area contributed by atoms with Gasteiger partial charge in [-0.3, -0.25) is 4.79 Å². The molecule has 0 aromatic heterocycles. The first-order valence-corrected chi connectivity index (χ1v) is 10.5. The van der Waals surface area contributed by atoms with Gasteiger partial charge in [0.1, 0.15) is 9.84 Å². The SMILES string of the molecule is CCN(C(=O)C1CCS(=O)(=O)CC1)C(c1ccc(Br)cc1)C(F)(F)F. The number of hydrogen-bond acceptors (Lipinski definition) is 3. The van der Waals surface area contributed by atoms with Crippen LogP contribution in [0.15, 0.2) is 28.7 Å². The molecule has 0 saturated carbocycles. The van der Waals surface area contributed by atoms with Crippen LogP contribution in [0.2, 0.25) is 0 Å². The second-order valence-electron chi connectivity index (χ2n) is 6.05. The number of nitrogens with zero attached hydrogens (tertiary/aromatic N) is 1. The van der Waals surface area contributed by atoms with E-state index in [1.54, 1.807) is 0 Å². The third-order valence-electron chi connectivity index (χ3n) is 4.34. The molecule has 0 bridgehead atoms. The van der Waals surface area contributed by atoms with Gasteiger partial charge in [-0.05, 0) is 37.5 Å². The lowest BCUT2D eigenvalue weighted by molar-refractivity contribution is -0.193. The summed E-state index contributed by atoms with van der Waals surface area (Å²) >= 11 is 3.18. The maximum absolute atomic E-state index is 13.7. The van der Waals surface area contributed by atoms with Crippen molar-refractivity contribution in [3.8, 4) is 0 Å². The highest BCUT2D eigenvalue weighted by molar-refractivity contribution is 9.10. The zero-order valence-electron chi connectivity index (χ0n) is 13.6. The summed E-state index contributed by atoms with van der Waals surface area (Å²) in [5.74, 6) is -1.64. The second-order valence-corrected chi connectivity index (χ2v) is 9.27. The molecule has 1 unspecified atom stereocenters. The molecular weight excluding hydrogens is 423 g/mol. The lowest BCUT2D eigenvalue weighted by Gasteiger charge is -2.36. The second kappa shape index (κ2) is 7.65. The maximum Gasteiger partial charge on any atom is 0.413 e. The lowest BCUT2D eigenvalue weighted by Crippen LogP contribution is -2.46. The Bertz CT molecular complexity index is 705. The Balaban J connectivity index is 2.30. The van der Waals surface area contributed by atoms with Gasteiger partial charge in [-0.1, -0.05) is 28.1 Å². The Kier molecular flexibility index (Phi) is 6.19. The Morgan fingerprint density at radius 1 is 1.24 bits per heavy atom. The fraction of sp³-hybridized carbons (Fsp3) is 0.562. The summed E-state index contributed by atoms with van der Waals surface area (Å²) in [5.41, 5.74) is -0.0191. The highest BCUT2D eigenvalue weighted by Crippen LogP contribution is 2.39. The molecule has 1 aromatic carbocycles. The third-order valence-corrected chi connectivity index (χ3v) is 6.58. The highest BCUT2D eigenvalue weighted by atomic mass is 79.9. The smallest absolute Gasteiger partial charge is 0.327 e. The molecule has 1 amide bonds. The molecule has 2 rings (SSSR count). The number of amides is 1. The quantitative estimate of drug-likeness (QED) is 0.715. The predicted octanol–water partition coefficient (Wildman–Crippen LogP) is 3.73. The van der Waals surface area contributed by atoms with Gasteiger partial charge in [0, 0.05) is 16.9 Å². The minimum Gasteiger partial charge on any atom is -0.327 e. The first-order chi connectivity index (χ1) is 11.5. The minimum absolute atomic E-state index is 0.0191. The van der Waals surface area contributed by atoms with Gasteiger partial charge < -0.3 is 4.90 Å². The molecule has 1 atom stereocenters. The summed E-state index contributed by atoms with van der Waals surface area (Å²) in [4.78, 5) is 13.5. The fourth-order valence-corrected chi connectivity index (χ4v) is 4.78. The van der Waals surface area contributed by atoms with Crippen LogP contribution in [0.4, 0.5) is 13.2 Å². The zero-order valence-corrected chi connectivity index (χ0v) is 16.0. The Labute approximate surface area is 153 Å². The van der Waals surface area contributed by atoms with E-state index < -0.39 is 33.9 Å². The summed E-state index contributed by atoms with van der Waals surface area (Å²) in [6.45, 7) is 1.39. The predicted molar refractivity (Wildman–Crippen MR) is 91.7 cm³/mol. The van der Waals surface area contributed by atoms with E-state index in [1.165, 1.54) is 31.2 Å². The molecule has 140 valence electrons. The summed E-state index contributed by atoms with van der Waals surface area (Å²) in [7, 11) is -3.19. The van der Waals surface area contributed by atoms with Gasteiger partial charge in [-0.2, -0.15) is 13.2 Å². The summed E-state index contributed by atoms with van der Waals surface area (Å²) in [6, 6.07) is 3.63. The van der Waals surface area contributed by atoms with Crippen molar-refractivity contribution in [2.45, 2.75) is 32.0 Å². The minimum atomic E-state index is -4.62. The van der Waals surface area contributed by atoms with Gasteiger partial charge in [0.2, 0.25) is 5.91 Å². The Morgan fingerprint density at radius 3 is 2.20 bits per heavy atom. The molecule has 0 N–H and O–H groups in total. The van der Waals surface area contributed by atoms with Gasteiger partial charge in [-0.25, -0.2) is 8.42 Å². The Hall–Kier alpha value is -1.09. The van der Waals surface area contributed by atoms with Crippen LogP contribution in [-0.4, -0.2) is 43.5 Å². The average Bonchev–Trinajstić information content (AvgIpc) is 2.52. The number of carbonyl (C=O) groups is 1. The molecule has 9 heteroatoms. The topological polar surface area (TPSA) is 54.5 Å². The molecule has 1 fully saturated rings. The molecule has 1 aromatic rings. The first kappa shape index (κ1) is 20.2. The van der Waals surface area contributed by atoms with Crippen molar-refractivity contribution in [2.24, 2.45) is 5.92 Å². The normalized spacial score (nSPS) is 19.4. The number of halogens is 4. The summed E-state index contributed by atoms with van der Waals surface area (Å²) < 4.78 is 64.7. The third kappa shape index (κ3) is 4.97. The standard InChI is InChI=1S/C16H19BrF3NO3S/c1-2-21(15(22)12-7-9-25(23,24)10-8-12)14(16(18,19)20)11-3-5-13(17)6-4-11/h3-6,12,14H,2,7-10H2,1H3. The van der Waals surface area contributed by atoms with Crippen LogP contribution >= 0.6 is 15.9 Å². The lowest BCUT2D eigenvalue weighted by atomic mass is 9.97. The van der Waals surface area contributed by atoms with Gasteiger partial charge >= 0.3 is 6.18 Å². The maximum atomic E-state index is 13.7. The monoisotopic (exact) mass is 441 g/mol. The van der Waals surface area contributed by atoms with Gasteiger partial charge in [0.05, 0.1) is 11.5 Å². The van der Waals surface area contributed by atoms with Crippen LogP contribution < -0.4 is 0 Å². The summed E-state index contributed by atoms with van der Waals surface area (Å²) in [5, 5.41) is 0. The van der Waals surface area contributed by atoms with E-state index in [4.69, 9.17) is 0 Å². The van der Waals surface area contributed by atoms with Crippen molar-refractivity contribution in [2.75, 3.05) is 18.1 Å². The van der Waals surface area contributed by atoms with Crippen LogP contribution in [0, 0.1) is 5.92 Å². The van der Waals surface area contributed by atoms with Crippen molar-refractivity contribution in [3.05, 3.63) is 34.3 Å².